The van der Waals surface area contributed by atoms with E-state index in [9.17, 15) is 8.42 Å². The first-order valence-corrected chi connectivity index (χ1v) is 7.35. The van der Waals surface area contributed by atoms with Crippen molar-refractivity contribution in [2.45, 2.75) is 24.9 Å². The van der Waals surface area contributed by atoms with Gasteiger partial charge >= 0.3 is 0 Å². The van der Waals surface area contributed by atoms with Crippen LogP contribution in [0.15, 0.2) is 29.6 Å². The van der Waals surface area contributed by atoms with Gasteiger partial charge in [-0.15, -0.1) is 0 Å². The topological polar surface area (TPSA) is 94.9 Å². The third-order valence-electron chi connectivity index (χ3n) is 2.81. The molecule has 0 spiro atoms. The van der Waals surface area contributed by atoms with Gasteiger partial charge in [-0.05, 0) is 13.0 Å². The number of rotatable bonds is 5. The van der Waals surface area contributed by atoms with Gasteiger partial charge < -0.3 is 10.3 Å². The minimum atomic E-state index is -3.60. The van der Waals surface area contributed by atoms with Gasteiger partial charge in [0.1, 0.15) is 4.90 Å². The van der Waals surface area contributed by atoms with Crippen LogP contribution < -0.4 is 10.5 Å². The molecule has 0 fully saturated rings. The Labute approximate surface area is 112 Å². The highest BCUT2D eigenvalue weighted by Gasteiger charge is 2.18. The molecule has 2 rings (SSSR count). The zero-order chi connectivity index (χ0) is 14.0. The van der Waals surface area contributed by atoms with Crippen LogP contribution in [0.5, 0.6) is 0 Å². The van der Waals surface area contributed by atoms with Crippen LogP contribution in [-0.2, 0) is 30.2 Å². The van der Waals surface area contributed by atoms with E-state index < -0.39 is 10.0 Å². The van der Waals surface area contributed by atoms with E-state index in [0.717, 1.165) is 5.69 Å². The minimum Gasteiger partial charge on any atom is -0.352 e. The van der Waals surface area contributed by atoms with Crippen LogP contribution in [-0.4, -0.2) is 22.8 Å². The molecule has 7 nitrogen and oxygen atoms in total. The summed E-state index contributed by atoms with van der Waals surface area (Å²) < 4.78 is 30.2. The molecule has 0 saturated carbocycles. The molecule has 8 heteroatoms. The molecule has 0 aliphatic rings. The molecule has 0 saturated heterocycles. The van der Waals surface area contributed by atoms with Gasteiger partial charge in [0.05, 0.1) is 11.9 Å². The Morgan fingerprint density at radius 3 is 2.68 bits per heavy atom. The maximum Gasteiger partial charge on any atom is 0.263 e. The number of hydrogen-bond donors (Lipinski definition) is 2. The highest BCUT2D eigenvalue weighted by Crippen LogP contribution is 2.17. The molecule has 104 valence electrons. The van der Waals surface area contributed by atoms with Crippen molar-refractivity contribution < 1.29 is 8.42 Å². The molecule has 0 aromatic carbocycles. The van der Waals surface area contributed by atoms with Gasteiger partial charge in [0.2, 0.25) is 0 Å². The molecule has 0 atom stereocenters. The van der Waals surface area contributed by atoms with Crippen molar-refractivity contribution in [1.29, 1.82) is 0 Å². The predicted molar refractivity (Wildman–Crippen MR) is 72.0 cm³/mol. The average Bonchev–Trinajstić information content (AvgIpc) is 2.95. The minimum absolute atomic E-state index is 0.194. The molecule has 0 bridgehead atoms. The van der Waals surface area contributed by atoms with Crippen LogP contribution in [0.3, 0.4) is 0 Å². The number of hydrogen-bond acceptors (Lipinski definition) is 4. The molecule has 3 N–H and O–H groups in total. The largest absolute Gasteiger partial charge is 0.352 e. The van der Waals surface area contributed by atoms with E-state index in [-0.39, 0.29) is 4.90 Å². The summed E-state index contributed by atoms with van der Waals surface area (Å²) in [5.74, 6) is 0. The molecular weight excluding hydrogens is 266 g/mol. The second-order valence-corrected chi connectivity index (χ2v) is 5.85. The first-order valence-electron chi connectivity index (χ1n) is 5.87. The summed E-state index contributed by atoms with van der Waals surface area (Å²) in [6, 6.07) is 1.56. The third-order valence-corrected chi connectivity index (χ3v) is 4.16. The van der Waals surface area contributed by atoms with E-state index in [1.807, 2.05) is 6.92 Å². The van der Waals surface area contributed by atoms with Crippen LogP contribution in [0, 0.1) is 0 Å². The monoisotopic (exact) mass is 283 g/mol. The fourth-order valence-electron chi connectivity index (χ4n) is 1.73. The average molecular weight is 283 g/mol. The number of aromatic nitrogens is 3. The number of anilines is 1. The molecule has 2 aromatic rings. The fraction of sp³-hybridized carbons (Fsp3) is 0.364. The van der Waals surface area contributed by atoms with Crippen LogP contribution in [0.2, 0.25) is 0 Å². The zero-order valence-electron chi connectivity index (χ0n) is 10.9. The van der Waals surface area contributed by atoms with E-state index in [2.05, 4.69) is 9.82 Å². The van der Waals surface area contributed by atoms with Crippen LogP contribution in [0.4, 0.5) is 5.69 Å². The lowest BCUT2D eigenvalue weighted by Crippen LogP contribution is -2.11. The van der Waals surface area contributed by atoms with Crippen molar-refractivity contribution in [2.24, 2.45) is 12.8 Å². The van der Waals surface area contributed by atoms with E-state index in [0.29, 0.717) is 18.8 Å². The Morgan fingerprint density at radius 2 is 2.16 bits per heavy atom. The molecule has 0 unspecified atom stereocenters. The number of nitrogens with two attached hydrogens (primary N) is 1. The Bertz CT molecular complexity index is 671. The second kappa shape index (κ2) is 5.06. The van der Waals surface area contributed by atoms with Crippen molar-refractivity contribution in [3.63, 3.8) is 0 Å². The molecule has 0 aliphatic heterocycles. The molecule has 0 amide bonds. The van der Waals surface area contributed by atoms with E-state index in [1.165, 1.54) is 12.4 Å². The molecule has 0 radical (unpaired) electrons. The highest BCUT2D eigenvalue weighted by molar-refractivity contribution is 7.92. The summed E-state index contributed by atoms with van der Waals surface area (Å²) in [7, 11) is -1.84. The van der Waals surface area contributed by atoms with E-state index in [1.54, 1.807) is 28.6 Å². The van der Waals surface area contributed by atoms with Gasteiger partial charge in [-0.3, -0.25) is 9.40 Å². The smallest absolute Gasteiger partial charge is 0.263 e. The van der Waals surface area contributed by atoms with Crippen molar-refractivity contribution >= 4 is 15.7 Å². The Morgan fingerprint density at radius 1 is 1.42 bits per heavy atom. The van der Waals surface area contributed by atoms with Crippen molar-refractivity contribution in [1.82, 2.24) is 14.3 Å². The first kappa shape index (κ1) is 13.6. The van der Waals surface area contributed by atoms with Gasteiger partial charge in [0, 0.05) is 38.2 Å². The molecule has 19 heavy (non-hydrogen) atoms. The zero-order valence-corrected chi connectivity index (χ0v) is 11.7. The number of nitrogens with zero attached hydrogens (tertiary/aromatic N) is 3. The van der Waals surface area contributed by atoms with Gasteiger partial charge in [-0.25, -0.2) is 8.42 Å². The SMILES string of the molecule is CCn1cc(NS(=O)(=O)c2cc(CN)n(C)c2)cn1. The summed E-state index contributed by atoms with van der Waals surface area (Å²) in [5, 5.41) is 4.02. The van der Waals surface area contributed by atoms with Crippen molar-refractivity contribution in [3.8, 4) is 0 Å². The summed E-state index contributed by atoms with van der Waals surface area (Å²) in [5.41, 5.74) is 6.73. The maximum absolute atomic E-state index is 12.2. The maximum atomic E-state index is 12.2. The van der Waals surface area contributed by atoms with Crippen molar-refractivity contribution in [2.75, 3.05) is 4.72 Å². The quantitative estimate of drug-likeness (QED) is 0.835. The Hall–Kier alpha value is -1.80. The van der Waals surface area contributed by atoms with Crippen LogP contribution >= 0.6 is 0 Å². The first-order chi connectivity index (χ1) is 8.96. The number of aryl methyl sites for hydroxylation is 2. The second-order valence-electron chi connectivity index (χ2n) is 4.17. The predicted octanol–water partition coefficient (Wildman–Crippen LogP) is 0.501. The molecule has 0 aliphatic carbocycles. The lowest BCUT2D eigenvalue weighted by atomic mass is 10.4. The highest BCUT2D eigenvalue weighted by atomic mass is 32.2. The van der Waals surface area contributed by atoms with Crippen molar-refractivity contribution in [3.05, 3.63) is 30.4 Å². The van der Waals surface area contributed by atoms with Gasteiger partial charge in [0.25, 0.3) is 10.0 Å². The van der Waals surface area contributed by atoms with Crippen LogP contribution in [0.25, 0.3) is 0 Å². The normalized spacial score (nSPS) is 11.7. The molecular formula is C11H17N5O2S. The summed E-state index contributed by atoms with van der Waals surface area (Å²) in [4.78, 5) is 0.194. The van der Waals surface area contributed by atoms with Gasteiger partial charge in [-0.1, -0.05) is 0 Å². The lowest BCUT2D eigenvalue weighted by molar-refractivity contribution is 0.601. The summed E-state index contributed by atoms with van der Waals surface area (Å²) in [6.07, 6.45) is 4.66. The Kier molecular flexibility index (Phi) is 3.63. The molecule has 2 aromatic heterocycles. The van der Waals surface area contributed by atoms with Gasteiger partial charge in [-0.2, -0.15) is 5.10 Å². The standard InChI is InChI=1S/C11H17N5O2S/c1-3-16-7-9(6-13-16)14-19(17,18)11-4-10(5-12)15(2)8-11/h4,6-8,14H,3,5,12H2,1-2H3. The number of nitrogens with one attached hydrogen (secondary N) is 1. The van der Waals surface area contributed by atoms with Crippen LogP contribution in [0.1, 0.15) is 12.6 Å². The lowest BCUT2D eigenvalue weighted by Gasteiger charge is -2.02. The third kappa shape index (κ3) is 2.79. The Balaban J connectivity index is 2.26. The van der Waals surface area contributed by atoms with Gasteiger partial charge in [0.15, 0.2) is 0 Å². The summed E-state index contributed by atoms with van der Waals surface area (Å²) in [6.45, 7) is 2.90. The van der Waals surface area contributed by atoms with E-state index >= 15 is 0 Å². The van der Waals surface area contributed by atoms with E-state index in [4.69, 9.17) is 5.73 Å². The fourth-order valence-corrected chi connectivity index (χ4v) is 2.85. The molecule has 2 heterocycles. The number of sulfonamides is 1. The summed E-state index contributed by atoms with van der Waals surface area (Å²) >= 11 is 0.